The molecule has 2 aromatic rings. The molecule has 0 aliphatic rings. The smallest absolute Gasteiger partial charge is 0.220 e. The standard InChI is InChI=1S/C18H24N2O.ClH/c19-13-6-2-1-3-12-18(21)20-14-16-10-7-9-15-8-4-5-11-17(15)16;/h4-5,7-11H,1-3,6,12-14,19H2,(H,20,21);1H. The van der Waals surface area contributed by atoms with E-state index in [-0.39, 0.29) is 18.3 Å². The quantitative estimate of drug-likeness (QED) is 0.727. The fourth-order valence-corrected chi connectivity index (χ4v) is 2.51. The molecule has 0 aliphatic heterocycles. The van der Waals surface area contributed by atoms with Crippen LogP contribution in [0.2, 0.25) is 0 Å². The summed E-state index contributed by atoms with van der Waals surface area (Å²) in [6.45, 7) is 1.34. The normalized spacial score (nSPS) is 10.2. The Hall–Kier alpha value is -1.58. The van der Waals surface area contributed by atoms with Gasteiger partial charge in [0.05, 0.1) is 0 Å². The highest BCUT2D eigenvalue weighted by molar-refractivity contribution is 5.86. The van der Waals surface area contributed by atoms with Gasteiger partial charge in [-0.3, -0.25) is 4.79 Å². The lowest BCUT2D eigenvalue weighted by Gasteiger charge is -2.08. The van der Waals surface area contributed by atoms with Crippen LogP contribution in [0.25, 0.3) is 10.8 Å². The van der Waals surface area contributed by atoms with Crippen molar-refractivity contribution in [3.05, 3.63) is 48.0 Å². The second-order valence-electron chi connectivity index (χ2n) is 5.37. The van der Waals surface area contributed by atoms with Crippen molar-refractivity contribution in [1.29, 1.82) is 0 Å². The molecule has 1 amide bonds. The number of unbranched alkanes of at least 4 members (excludes halogenated alkanes) is 3. The van der Waals surface area contributed by atoms with E-state index in [2.05, 4.69) is 29.6 Å². The Labute approximate surface area is 138 Å². The van der Waals surface area contributed by atoms with Crippen molar-refractivity contribution in [2.45, 2.75) is 38.6 Å². The van der Waals surface area contributed by atoms with Gasteiger partial charge in [-0.25, -0.2) is 0 Å². The SMILES string of the molecule is Cl.NCCCCCCC(=O)NCc1cccc2ccccc12. The van der Waals surface area contributed by atoms with Gasteiger partial charge in [0.15, 0.2) is 0 Å². The summed E-state index contributed by atoms with van der Waals surface area (Å²) in [4.78, 5) is 11.8. The van der Waals surface area contributed by atoms with Crippen LogP contribution < -0.4 is 11.1 Å². The first kappa shape index (κ1) is 18.5. The Balaban J connectivity index is 0.00000242. The highest BCUT2D eigenvalue weighted by atomic mass is 35.5. The van der Waals surface area contributed by atoms with Crippen molar-refractivity contribution < 1.29 is 4.79 Å². The Bertz CT molecular complexity index is 581. The number of rotatable bonds is 8. The van der Waals surface area contributed by atoms with Crippen LogP contribution in [0.15, 0.2) is 42.5 Å². The molecule has 0 saturated heterocycles. The predicted molar refractivity (Wildman–Crippen MR) is 95.2 cm³/mol. The second-order valence-corrected chi connectivity index (χ2v) is 5.37. The van der Waals surface area contributed by atoms with E-state index < -0.39 is 0 Å². The first-order valence-corrected chi connectivity index (χ1v) is 7.74. The topological polar surface area (TPSA) is 55.1 Å². The first-order valence-electron chi connectivity index (χ1n) is 7.74. The minimum Gasteiger partial charge on any atom is -0.352 e. The van der Waals surface area contributed by atoms with Gasteiger partial charge in [0.2, 0.25) is 5.91 Å². The minimum atomic E-state index is 0. The molecule has 0 fully saturated rings. The van der Waals surface area contributed by atoms with Crippen molar-refractivity contribution in [2.24, 2.45) is 5.73 Å². The molecule has 0 spiro atoms. The number of halogens is 1. The zero-order valence-electron chi connectivity index (χ0n) is 12.9. The van der Waals surface area contributed by atoms with Crippen LogP contribution in [0, 0.1) is 0 Å². The summed E-state index contributed by atoms with van der Waals surface area (Å²) in [6.07, 6.45) is 4.81. The molecule has 0 atom stereocenters. The summed E-state index contributed by atoms with van der Waals surface area (Å²) < 4.78 is 0. The largest absolute Gasteiger partial charge is 0.352 e. The Morgan fingerprint density at radius 3 is 2.50 bits per heavy atom. The minimum absolute atomic E-state index is 0. The van der Waals surface area contributed by atoms with Crippen LogP contribution >= 0.6 is 12.4 Å². The van der Waals surface area contributed by atoms with E-state index in [1.54, 1.807) is 0 Å². The third-order valence-electron chi connectivity index (χ3n) is 3.71. The average Bonchev–Trinajstić information content (AvgIpc) is 2.52. The monoisotopic (exact) mass is 320 g/mol. The number of carbonyl (C=O) groups is 1. The van der Waals surface area contributed by atoms with E-state index in [1.807, 2.05) is 18.2 Å². The number of benzene rings is 2. The van der Waals surface area contributed by atoms with Gasteiger partial charge in [0, 0.05) is 13.0 Å². The maximum atomic E-state index is 11.8. The van der Waals surface area contributed by atoms with Crippen LogP contribution in [-0.4, -0.2) is 12.5 Å². The molecular formula is C18H25ClN2O. The molecule has 3 nitrogen and oxygen atoms in total. The van der Waals surface area contributed by atoms with Gasteiger partial charge in [-0.05, 0) is 35.7 Å². The van der Waals surface area contributed by atoms with E-state index in [0.29, 0.717) is 13.0 Å². The molecule has 0 radical (unpaired) electrons. The van der Waals surface area contributed by atoms with Crippen LogP contribution in [0.4, 0.5) is 0 Å². The maximum Gasteiger partial charge on any atom is 0.220 e. The van der Waals surface area contributed by atoms with E-state index in [0.717, 1.165) is 32.2 Å². The first-order chi connectivity index (χ1) is 10.3. The van der Waals surface area contributed by atoms with Gasteiger partial charge in [-0.1, -0.05) is 55.3 Å². The van der Waals surface area contributed by atoms with Crippen LogP contribution in [0.5, 0.6) is 0 Å². The molecule has 120 valence electrons. The van der Waals surface area contributed by atoms with Crippen molar-refractivity contribution in [2.75, 3.05) is 6.54 Å². The van der Waals surface area contributed by atoms with Crippen molar-refractivity contribution >= 4 is 29.1 Å². The second kappa shape index (κ2) is 10.2. The summed E-state index contributed by atoms with van der Waals surface area (Å²) in [5.41, 5.74) is 6.62. The van der Waals surface area contributed by atoms with E-state index in [1.165, 1.54) is 16.3 Å². The van der Waals surface area contributed by atoms with Gasteiger partial charge in [0.1, 0.15) is 0 Å². The number of carbonyl (C=O) groups excluding carboxylic acids is 1. The zero-order valence-corrected chi connectivity index (χ0v) is 13.7. The van der Waals surface area contributed by atoms with E-state index >= 15 is 0 Å². The van der Waals surface area contributed by atoms with Gasteiger partial charge in [-0.15, -0.1) is 12.4 Å². The Kier molecular flexibility index (Phi) is 8.56. The van der Waals surface area contributed by atoms with E-state index in [9.17, 15) is 4.79 Å². The fourth-order valence-electron chi connectivity index (χ4n) is 2.51. The summed E-state index contributed by atoms with van der Waals surface area (Å²) in [5, 5.41) is 5.44. The maximum absolute atomic E-state index is 11.8. The van der Waals surface area contributed by atoms with Gasteiger partial charge in [-0.2, -0.15) is 0 Å². The highest BCUT2D eigenvalue weighted by Gasteiger charge is 2.03. The predicted octanol–water partition coefficient (Wildman–Crippen LogP) is 3.79. The molecule has 0 aromatic heterocycles. The molecule has 0 bridgehead atoms. The molecule has 0 heterocycles. The molecular weight excluding hydrogens is 296 g/mol. The molecule has 0 aliphatic carbocycles. The molecule has 0 unspecified atom stereocenters. The molecule has 4 heteroatoms. The average molecular weight is 321 g/mol. The third kappa shape index (κ3) is 5.66. The summed E-state index contributed by atoms with van der Waals surface area (Å²) in [7, 11) is 0. The fraction of sp³-hybridized carbons (Fsp3) is 0.389. The zero-order chi connectivity index (χ0) is 14.9. The molecule has 2 aromatic carbocycles. The third-order valence-corrected chi connectivity index (χ3v) is 3.71. The van der Waals surface area contributed by atoms with Crippen molar-refractivity contribution in [3.8, 4) is 0 Å². The molecule has 3 N–H and O–H groups in total. The molecule has 2 rings (SSSR count). The summed E-state index contributed by atoms with van der Waals surface area (Å²) in [5.74, 6) is 0.135. The van der Waals surface area contributed by atoms with Gasteiger partial charge < -0.3 is 11.1 Å². The molecule has 0 saturated carbocycles. The Morgan fingerprint density at radius 2 is 1.68 bits per heavy atom. The number of nitrogens with one attached hydrogen (secondary N) is 1. The number of hydrogen-bond donors (Lipinski definition) is 2. The van der Waals surface area contributed by atoms with Gasteiger partial charge in [0.25, 0.3) is 0 Å². The van der Waals surface area contributed by atoms with Crippen molar-refractivity contribution in [1.82, 2.24) is 5.32 Å². The lowest BCUT2D eigenvalue weighted by molar-refractivity contribution is -0.121. The van der Waals surface area contributed by atoms with Crippen LogP contribution in [0.3, 0.4) is 0 Å². The Morgan fingerprint density at radius 1 is 0.955 bits per heavy atom. The number of hydrogen-bond acceptors (Lipinski definition) is 2. The van der Waals surface area contributed by atoms with E-state index in [4.69, 9.17) is 5.73 Å². The lowest BCUT2D eigenvalue weighted by atomic mass is 10.0. The van der Waals surface area contributed by atoms with Gasteiger partial charge >= 0.3 is 0 Å². The molecule has 22 heavy (non-hydrogen) atoms. The number of nitrogens with two attached hydrogens (primary N) is 1. The number of fused-ring (bicyclic) bond motifs is 1. The summed E-state index contributed by atoms with van der Waals surface area (Å²) in [6, 6.07) is 14.5. The van der Waals surface area contributed by atoms with Crippen molar-refractivity contribution in [3.63, 3.8) is 0 Å². The lowest BCUT2D eigenvalue weighted by Crippen LogP contribution is -2.22. The summed E-state index contributed by atoms with van der Waals surface area (Å²) >= 11 is 0. The number of amides is 1. The highest BCUT2D eigenvalue weighted by Crippen LogP contribution is 2.18. The van der Waals surface area contributed by atoms with Crippen LogP contribution in [0.1, 0.15) is 37.7 Å². The van der Waals surface area contributed by atoms with Crippen LogP contribution in [-0.2, 0) is 11.3 Å².